The Morgan fingerprint density at radius 2 is 0.423 bits per heavy atom. The molecule has 7 atom stereocenters. The van der Waals surface area contributed by atoms with Crippen LogP contribution in [0.1, 0.15) is 415 Å². The molecule has 0 saturated heterocycles. The maximum atomic E-state index is 2.38. The van der Waals surface area contributed by atoms with Crippen molar-refractivity contribution in [2.75, 3.05) is 0 Å². The number of unbranched alkanes of at least 4 members (excludes halogenated alkanes) is 3. The van der Waals surface area contributed by atoms with Crippen LogP contribution in [0.2, 0.25) is 0 Å². The largest absolute Gasteiger partial charge is 0.0776 e. The van der Waals surface area contributed by atoms with Crippen LogP contribution in [-0.2, 0) is 0 Å². The van der Waals surface area contributed by atoms with E-state index in [2.05, 4.69) is 194 Å². The van der Waals surface area contributed by atoms with Gasteiger partial charge in [-0.2, -0.15) is 0 Å². The first kappa shape index (κ1) is 124. The minimum atomic E-state index is 0. The predicted molar refractivity (Wildman–Crippen MR) is 365 cm³/mol. The molecule has 0 aliphatic carbocycles. The van der Waals surface area contributed by atoms with Gasteiger partial charge in [-0.3, -0.25) is 0 Å². The maximum Gasteiger partial charge on any atom is -0.0391 e. The third-order valence-electron chi connectivity index (χ3n) is 13.9. The normalized spacial score (nSPS) is 11.7. The summed E-state index contributed by atoms with van der Waals surface area (Å²) in [5.41, 5.74) is 0. The highest BCUT2D eigenvalue weighted by Crippen LogP contribution is 2.23. The molecule has 0 saturated carbocycles. The Hall–Kier alpha value is 0. The predicted octanol–water partition coefficient (Wildman–Crippen LogP) is 30.7. The average Bonchev–Trinajstić information content (AvgIpc) is 3.30. The molecule has 0 aromatic rings. The minimum Gasteiger partial charge on any atom is -0.0776 e. The summed E-state index contributed by atoms with van der Waals surface area (Å²) < 4.78 is 0. The zero-order valence-corrected chi connectivity index (χ0v) is 50.7. The van der Waals surface area contributed by atoms with Crippen LogP contribution in [0.3, 0.4) is 0 Å². The zero-order valence-electron chi connectivity index (χ0n) is 50.7. The van der Waals surface area contributed by atoms with Crippen LogP contribution >= 0.6 is 0 Å². The molecule has 0 aromatic heterocycles. The summed E-state index contributed by atoms with van der Waals surface area (Å²) in [5, 5.41) is 0. The Kier molecular flexibility index (Phi) is 199. The lowest BCUT2D eigenvalue weighted by Crippen LogP contribution is -2.09. The fourth-order valence-corrected chi connectivity index (χ4v) is 5.48. The molecule has 0 aromatic carbocycles. The van der Waals surface area contributed by atoms with Crippen LogP contribution in [0.4, 0.5) is 0 Å². The first-order valence-electron chi connectivity index (χ1n) is 29.2. The van der Waals surface area contributed by atoms with E-state index in [1.54, 1.807) is 0 Å². The molecular formula is C71H178. The number of rotatable bonds is 25. The van der Waals surface area contributed by atoms with Crippen molar-refractivity contribution in [2.24, 2.45) is 59.2 Å². The highest BCUT2D eigenvalue weighted by molar-refractivity contribution is 4.62. The molecule has 0 amide bonds. The van der Waals surface area contributed by atoms with Crippen molar-refractivity contribution in [2.45, 2.75) is 415 Å². The fraction of sp³-hybridized carbons (Fsp3) is 1.00. The second-order valence-electron chi connectivity index (χ2n) is 20.4. The topological polar surface area (TPSA) is 0 Å². The SMILES string of the molecule is C.C.C.C.C.C.C.C.C.CCC(C)C.CCC(C)C(C)CC.CCC(C)CC.CCC(C)CC.CCCC(C)CC.CCCC(C)CC.CCCC(CC)C(C)CC.CCCCC.CCCCC(C)CC. The Balaban J connectivity index is -0.0000000276. The summed E-state index contributed by atoms with van der Waals surface area (Å²) in [6.45, 7) is 63.4. The van der Waals surface area contributed by atoms with E-state index in [1.165, 1.54) is 154 Å². The molecule has 0 rings (SSSR count). The van der Waals surface area contributed by atoms with Gasteiger partial charge in [-0.25, -0.2) is 0 Å². The highest BCUT2D eigenvalue weighted by atomic mass is 14.2. The summed E-state index contributed by atoms with van der Waals surface area (Å²) >= 11 is 0. The van der Waals surface area contributed by atoms with Gasteiger partial charge in [-0.15, -0.1) is 0 Å². The lowest BCUT2D eigenvalue weighted by Gasteiger charge is -2.20. The van der Waals surface area contributed by atoms with Gasteiger partial charge in [0, 0.05) is 0 Å². The molecule has 0 aliphatic rings. The molecule has 7 unspecified atom stereocenters. The van der Waals surface area contributed by atoms with Crippen LogP contribution in [0.15, 0.2) is 0 Å². The van der Waals surface area contributed by atoms with Crippen LogP contribution in [0.25, 0.3) is 0 Å². The molecule has 0 aliphatic heterocycles. The van der Waals surface area contributed by atoms with Crippen LogP contribution in [0, 0.1) is 59.2 Å². The smallest absolute Gasteiger partial charge is 0.0391 e. The molecule has 462 valence electrons. The van der Waals surface area contributed by atoms with E-state index < -0.39 is 0 Å². The van der Waals surface area contributed by atoms with Crippen molar-refractivity contribution in [3.05, 3.63) is 0 Å². The average molecular weight is 1030 g/mol. The molecule has 0 nitrogen and oxygen atoms in total. The van der Waals surface area contributed by atoms with Crippen LogP contribution in [-0.4, -0.2) is 0 Å². The van der Waals surface area contributed by atoms with Gasteiger partial charge >= 0.3 is 0 Å². The molecule has 71 heavy (non-hydrogen) atoms. The lowest BCUT2D eigenvalue weighted by atomic mass is 9.86. The third-order valence-corrected chi connectivity index (χ3v) is 13.9. The lowest BCUT2D eigenvalue weighted by molar-refractivity contribution is 0.315. The van der Waals surface area contributed by atoms with Crippen molar-refractivity contribution < 1.29 is 0 Å². The van der Waals surface area contributed by atoms with E-state index in [9.17, 15) is 0 Å². The quantitative estimate of drug-likeness (QED) is 0.0855. The molecule has 0 heteroatoms. The van der Waals surface area contributed by atoms with Gasteiger partial charge in [0.1, 0.15) is 0 Å². The van der Waals surface area contributed by atoms with Crippen molar-refractivity contribution >= 4 is 0 Å². The van der Waals surface area contributed by atoms with E-state index in [0.29, 0.717) is 0 Å². The second kappa shape index (κ2) is 114. The number of hydrogen-bond acceptors (Lipinski definition) is 0. The van der Waals surface area contributed by atoms with Crippen molar-refractivity contribution in [3.63, 3.8) is 0 Å². The Morgan fingerprint density at radius 1 is 0.197 bits per heavy atom. The highest BCUT2D eigenvalue weighted by Gasteiger charge is 2.11. The molecule has 0 radical (unpaired) electrons. The maximum absolute atomic E-state index is 2.38. The van der Waals surface area contributed by atoms with Crippen molar-refractivity contribution in [1.82, 2.24) is 0 Å². The van der Waals surface area contributed by atoms with Gasteiger partial charge in [0.15, 0.2) is 0 Å². The molecule has 0 fully saturated rings. The molecule has 0 heterocycles. The van der Waals surface area contributed by atoms with E-state index >= 15 is 0 Å². The zero-order chi connectivity index (χ0) is 50.7. The van der Waals surface area contributed by atoms with Gasteiger partial charge in [0.05, 0.1) is 0 Å². The Bertz CT molecular complexity index is 580. The minimum absolute atomic E-state index is 0. The van der Waals surface area contributed by atoms with E-state index in [0.717, 1.165) is 59.2 Å². The van der Waals surface area contributed by atoms with E-state index in [1.807, 2.05) is 0 Å². The monoisotopic (exact) mass is 1030 g/mol. The van der Waals surface area contributed by atoms with Gasteiger partial charge in [-0.1, -0.05) is 415 Å². The Morgan fingerprint density at radius 3 is 0.535 bits per heavy atom. The van der Waals surface area contributed by atoms with E-state index in [4.69, 9.17) is 0 Å². The van der Waals surface area contributed by atoms with Crippen LogP contribution in [0.5, 0.6) is 0 Å². The number of hydrogen-bond donors (Lipinski definition) is 0. The molecule has 0 bridgehead atoms. The van der Waals surface area contributed by atoms with Gasteiger partial charge in [0.2, 0.25) is 0 Å². The molecular weight excluding hydrogens is 853 g/mol. The Labute approximate surface area is 471 Å². The molecule has 0 N–H and O–H groups in total. The summed E-state index contributed by atoms with van der Waals surface area (Å²) in [6, 6.07) is 0. The van der Waals surface area contributed by atoms with Crippen molar-refractivity contribution in [3.8, 4) is 0 Å². The van der Waals surface area contributed by atoms with E-state index in [-0.39, 0.29) is 66.8 Å². The van der Waals surface area contributed by atoms with Crippen molar-refractivity contribution in [1.29, 1.82) is 0 Å². The summed E-state index contributed by atoms with van der Waals surface area (Å²) in [6.07, 6.45) is 32.5. The summed E-state index contributed by atoms with van der Waals surface area (Å²) in [4.78, 5) is 0. The van der Waals surface area contributed by atoms with Gasteiger partial charge < -0.3 is 0 Å². The standard InChI is InChI=1S/C10H22.2C8H18.2C7H16.2C6H14.2C5H12.9CH4/c1-5-8-10(7-3)9(4)6-2;1-5-7(3)8(4)6-2;1-4-6-7-8(3)5-2;2*1-4-6-7(3)5-2;2*1-4-6(3)5-2;1-4-5(2)3;1-3-5-4-2;;;;;;;;;/h9-10H,5-8H2,1-4H3;7-8H,5-6H2,1-4H3;8H,4-7H2,1-3H3;2*7H,4-6H2,1-3H3;2*6H,4-5H2,1-3H3;5H,4H2,1-3H3;3-5H2,1-2H3;9*1H4. The first-order valence-corrected chi connectivity index (χ1v) is 29.2. The van der Waals surface area contributed by atoms with Crippen LogP contribution < -0.4 is 0 Å². The second-order valence-corrected chi connectivity index (χ2v) is 20.4. The van der Waals surface area contributed by atoms with Gasteiger partial charge in [0.25, 0.3) is 0 Å². The molecule has 0 spiro atoms. The third kappa shape index (κ3) is 147. The summed E-state index contributed by atoms with van der Waals surface area (Å²) in [5.74, 6) is 9.36. The fourth-order valence-electron chi connectivity index (χ4n) is 5.48. The summed E-state index contributed by atoms with van der Waals surface area (Å²) in [7, 11) is 0. The first-order chi connectivity index (χ1) is 29.2. The van der Waals surface area contributed by atoms with Gasteiger partial charge in [-0.05, 0) is 59.2 Å².